The molecule has 3 aromatic rings. The summed E-state index contributed by atoms with van der Waals surface area (Å²) in [6, 6.07) is 17.8. The van der Waals surface area contributed by atoms with Crippen LogP contribution >= 0.6 is 0 Å². The van der Waals surface area contributed by atoms with Crippen molar-refractivity contribution in [1.29, 1.82) is 0 Å². The zero-order chi connectivity index (χ0) is 24.8. The molecule has 0 saturated carbocycles. The molecule has 0 radical (unpaired) electrons. The van der Waals surface area contributed by atoms with Crippen LogP contribution in [-0.2, 0) is 26.7 Å². The highest BCUT2D eigenvalue weighted by Crippen LogP contribution is 2.35. The van der Waals surface area contributed by atoms with Gasteiger partial charge in [-0.3, -0.25) is 19.4 Å². The zero-order valence-corrected chi connectivity index (χ0v) is 20.8. The van der Waals surface area contributed by atoms with Gasteiger partial charge in [0.25, 0.3) is 5.56 Å². The lowest BCUT2D eigenvalue weighted by Crippen LogP contribution is -2.47. The summed E-state index contributed by atoms with van der Waals surface area (Å²) in [5.41, 5.74) is 3.90. The van der Waals surface area contributed by atoms with Crippen molar-refractivity contribution < 1.29 is 5.11 Å². The van der Waals surface area contributed by atoms with Gasteiger partial charge in [0.2, 0.25) is 5.43 Å². The number of rotatable bonds is 5. The van der Waals surface area contributed by atoms with Gasteiger partial charge in [-0.1, -0.05) is 36.4 Å². The molecular weight excluding hydrogens is 452 g/mol. The summed E-state index contributed by atoms with van der Waals surface area (Å²) in [6.45, 7) is 5.65. The van der Waals surface area contributed by atoms with Crippen molar-refractivity contribution in [3.63, 3.8) is 0 Å². The van der Waals surface area contributed by atoms with Crippen LogP contribution in [0.2, 0.25) is 0 Å². The Balaban J connectivity index is 1.20. The van der Waals surface area contributed by atoms with Crippen molar-refractivity contribution in [2.24, 2.45) is 13.0 Å². The molecule has 1 N–H and O–H groups in total. The number of hydrogen-bond donors (Lipinski definition) is 1. The van der Waals surface area contributed by atoms with Gasteiger partial charge < -0.3 is 14.2 Å². The van der Waals surface area contributed by atoms with Crippen LogP contribution in [0.15, 0.2) is 64.2 Å². The SMILES string of the molecule is Cn1c(CN2CC3CC(C2)c2cccc(=O)n2C3)cc(=O)c(O)c1CN1CCC(c2ccccc2)C1. The molecule has 3 unspecified atom stereocenters. The molecule has 6 rings (SSSR count). The van der Waals surface area contributed by atoms with E-state index in [1.165, 1.54) is 5.56 Å². The molecule has 3 aliphatic heterocycles. The third-order valence-corrected chi connectivity index (χ3v) is 8.50. The first-order valence-corrected chi connectivity index (χ1v) is 13.1. The molecular formula is C29H34N4O3. The molecule has 36 heavy (non-hydrogen) atoms. The summed E-state index contributed by atoms with van der Waals surface area (Å²) in [5, 5.41) is 10.7. The molecule has 7 heteroatoms. The number of fused-ring (bicyclic) bond motifs is 4. The highest BCUT2D eigenvalue weighted by atomic mass is 16.3. The summed E-state index contributed by atoms with van der Waals surface area (Å²) in [5.74, 6) is 1.12. The molecule has 3 atom stereocenters. The van der Waals surface area contributed by atoms with Crippen LogP contribution < -0.4 is 11.0 Å². The van der Waals surface area contributed by atoms with Gasteiger partial charge in [0, 0.05) is 75.8 Å². The van der Waals surface area contributed by atoms with Crippen molar-refractivity contribution in [2.45, 2.75) is 44.3 Å². The van der Waals surface area contributed by atoms with E-state index in [9.17, 15) is 14.7 Å². The van der Waals surface area contributed by atoms with E-state index in [0.717, 1.165) is 57.0 Å². The van der Waals surface area contributed by atoms with Gasteiger partial charge in [0.1, 0.15) is 0 Å². The number of hydrogen-bond acceptors (Lipinski definition) is 5. The third kappa shape index (κ3) is 4.31. The van der Waals surface area contributed by atoms with E-state index < -0.39 is 0 Å². The molecule has 0 aliphatic carbocycles. The second-order valence-corrected chi connectivity index (χ2v) is 10.9. The molecule has 5 heterocycles. The minimum absolute atomic E-state index is 0.0950. The first-order valence-electron chi connectivity index (χ1n) is 13.1. The first kappa shape index (κ1) is 23.3. The number of piperidine rings is 1. The van der Waals surface area contributed by atoms with Crippen molar-refractivity contribution >= 4 is 0 Å². The summed E-state index contributed by atoms with van der Waals surface area (Å²) < 4.78 is 3.97. The second-order valence-electron chi connectivity index (χ2n) is 10.9. The van der Waals surface area contributed by atoms with Crippen molar-refractivity contribution in [3.8, 4) is 5.75 Å². The minimum atomic E-state index is -0.300. The maximum Gasteiger partial charge on any atom is 0.250 e. The second kappa shape index (κ2) is 9.37. The predicted molar refractivity (Wildman–Crippen MR) is 139 cm³/mol. The van der Waals surface area contributed by atoms with Gasteiger partial charge in [0.05, 0.1) is 5.69 Å². The number of aromatic hydroxyl groups is 1. The van der Waals surface area contributed by atoms with Gasteiger partial charge in [-0.25, -0.2) is 0 Å². The summed E-state index contributed by atoms with van der Waals surface area (Å²) in [7, 11) is 1.97. The molecule has 188 valence electrons. The normalized spacial score (nSPS) is 24.1. The summed E-state index contributed by atoms with van der Waals surface area (Å²) in [4.78, 5) is 29.9. The Morgan fingerprint density at radius 2 is 1.69 bits per heavy atom. The lowest BCUT2D eigenvalue weighted by atomic mass is 9.83. The molecule has 2 bridgehead atoms. The maximum atomic E-state index is 12.8. The van der Waals surface area contributed by atoms with Gasteiger partial charge in [-0.2, -0.15) is 0 Å². The largest absolute Gasteiger partial charge is 0.503 e. The van der Waals surface area contributed by atoms with Crippen LogP contribution in [0.25, 0.3) is 0 Å². The topological polar surface area (TPSA) is 70.7 Å². The Kier molecular flexibility index (Phi) is 6.05. The van der Waals surface area contributed by atoms with Crippen molar-refractivity contribution in [1.82, 2.24) is 18.9 Å². The fourth-order valence-electron chi connectivity index (χ4n) is 6.66. The average Bonchev–Trinajstić information content (AvgIpc) is 3.35. The van der Waals surface area contributed by atoms with Crippen LogP contribution in [0, 0.1) is 5.92 Å². The van der Waals surface area contributed by atoms with Gasteiger partial charge >= 0.3 is 0 Å². The van der Waals surface area contributed by atoms with E-state index in [4.69, 9.17) is 0 Å². The van der Waals surface area contributed by atoms with Crippen LogP contribution in [0.3, 0.4) is 0 Å². The molecule has 2 saturated heterocycles. The smallest absolute Gasteiger partial charge is 0.250 e. The third-order valence-electron chi connectivity index (χ3n) is 8.50. The fourth-order valence-corrected chi connectivity index (χ4v) is 6.66. The lowest BCUT2D eigenvalue weighted by molar-refractivity contribution is 0.112. The number of likely N-dealkylation sites (tertiary alicyclic amines) is 2. The van der Waals surface area contributed by atoms with E-state index in [-0.39, 0.29) is 16.7 Å². The van der Waals surface area contributed by atoms with E-state index in [1.54, 1.807) is 12.1 Å². The van der Waals surface area contributed by atoms with Gasteiger partial charge in [-0.15, -0.1) is 0 Å². The van der Waals surface area contributed by atoms with Gasteiger partial charge in [-0.05, 0) is 42.9 Å². The zero-order valence-electron chi connectivity index (χ0n) is 20.8. The molecule has 2 fully saturated rings. The average molecular weight is 487 g/mol. The predicted octanol–water partition coefficient (Wildman–Crippen LogP) is 2.86. The van der Waals surface area contributed by atoms with Crippen LogP contribution in [-0.4, -0.2) is 50.2 Å². The van der Waals surface area contributed by atoms with E-state index in [1.807, 2.05) is 28.3 Å². The van der Waals surface area contributed by atoms with E-state index in [2.05, 4.69) is 40.1 Å². The first-order chi connectivity index (χ1) is 17.5. The Bertz CT molecular complexity index is 1380. The summed E-state index contributed by atoms with van der Waals surface area (Å²) >= 11 is 0. The van der Waals surface area contributed by atoms with Crippen LogP contribution in [0.4, 0.5) is 0 Å². The summed E-state index contributed by atoms with van der Waals surface area (Å²) in [6.07, 6.45) is 2.19. The molecule has 1 aromatic carbocycles. The van der Waals surface area contributed by atoms with Crippen molar-refractivity contribution in [2.75, 3.05) is 26.2 Å². The van der Waals surface area contributed by atoms with E-state index in [0.29, 0.717) is 36.5 Å². The quantitative estimate of drug-likeness (QED) is 0.601. The Morgan fingerprint density at radius 3 is 2.53 bits per heavy atom. The molecule has 2 aromatic heterocycles. The standard InChI is InChI=1S/C29H34N4O3/c1-30-24(18-32-14-20-12-23(17-32)25-8-5-9-28(35)33(25)15-20)13-27(34)29(36)26(30)19-31-11-10-22(16-31)21-6-3-2-4-7-21/h2-9,13,20,22-23,36H,10-12,14-19H2,1H3. The van der Waals surface area contributed by atoms with E-state index >= 15 is 0 Å². The monoisotopic (exact) mass is 486 g/mol. The van der Waals surface area contributed by atoms with Crippen LogP contribution in [0.5, 0.6) is 5.75 Å². The highest BCUT2D eigenvalue weighted by Gasteiger charge is 2.35. The maximum absolute atomic E-state index is 12.8. The Labute approximate surface area is 211 Å². The molecule has 0 spiro atoms. The minimum Gasteiger partial charge on any atom is -0.503 e. The molecule has 0 amide bonds. The number of aromatic nitrogens is 2. The molecule has 3 aliphatic rings. The lowest BCUT2D eigenvalue weighted by Gasteiger charge is -2.43. The number of nitrogens with zero attached hydrogens (tertiary/aromatic N) is 4. The number of pyridine rings is 2. The Morgan fingerprint density at radius 1 is 0.889 bits per heavy atom. The Hall–Kier alpha value is -3.16. The number of benzene rings is 1. The highest BCUT2D eigenvalue weighted by molar-refractivity contribution is 5.31. The van der Waals surface area contributed by atoms with Crippen LogP contribution in [0.1, 0.15) is 47.3 Å². The molecule has 7 nitrogen and oxygen atoms in total. The fraction of sp³-hybridized carbons (Fsp3) is 0.448. The van der Waals surface area contributed by atoms with Gasteiger partial charge in [0.15, 0.2) is 5.75 Å². The van der Waals surface area contributed by atoms with Crippen molar-refractivity contribution in [3.05, 3.63) is 97.8 Å².